The minimum absolute atomic E-state index is 0.0545. The van der Waals surface area contributed by atoms with Gasteiger partial charge in [-0.2, -0.15) is 0 Å². The molecule has 1 amide bonds. The van der Waals surface area contributed by atoms with Crippen LogP contribution in [0.4, 0.5) is 10.1 Å². The van der Waals surface area contributed by atoms with Crippen molar-refractivity contribution >= 4 is 34.8 Å². The Hall–Kier alpha value is -2.74. The second-order valence-electron chi connectivity index (χ2n) is 6.54. The Morgan fingerprint density at radius 3 is 2.47 bits per heavy atom. The topological polar surface area (TPSA) is 84.2 Å². The van der Waals surface area contributed by atoms with E-state index in [1.54, 1.807) is 31.2 Å². The van der Waals surface area contributed by atoms with Gasteiger partial charge in [0.05, 0.1) is 5.69 Å². The number of aromatic nitrogens is 2. The number of hydrogen-bond acceptors (Lipinski definition) is 4. The average molecular weight is 450 g/mol. The van der Waals surface area contributed by atoms with Gasteiger partial charge in [0.1, 0.15) is 18.2 Å². The van der Waals surface area contributed by atoms with Crippen molar-refractivity contribution in [3.8, 4) is 11.4 Å². The molecule has 0 aliphatic rings. The number of halogens is 3. The number of benzene rings is 2. The quantitative estimate of drug-likeness (QED) is 0.598. The maximum atomic E-state index is 14.0. The van der Waals surface area contributed by atoms with E-state index in [1.807, 2.05) is 0 Å². The van der Waals surface area contributed by atoms with Crippen LogP contribution >= 0.6 is 23.2 Å². The predicted molar refractivity (Wildman–Crippen MR) is 115 cm³/mol. The average Bonchev–Trinajstić information content (AvgIpc) is 2.70. The molecule has 0 saturated heterocycles. The van der Waals surface area contributed by atoms with E-state index in [2.05, 4.69) is 10.3 Å². The molecule has 30 heavy (non-hydrogen) atoms. The summed E-state index contributed by atoms with van der Waals surface area (Å²) in [4.78, 5) is 30.1. The number of carbonyl (C=O) groups excluding carboxylic acids is 1. The maximum absolute atomic E-state index is 14.0. The second kappa shape index (κ2) is 9.38. The fraction of sp³-hybridized carbons (Fsp3) is 0.190. The normalized spacial score (nSPS) is 10.8. The highest BCUT2D eigenvalue weighted by molar-refractivity contribution is 6.30. The van der Waals surface area contributed by atoms with Crippen molar-refractivity contribution in [1.29, 1.82) is 0 Å². The van der Waals surface area contributed by atoms with E-state index >= 15 is 0 Å². The summed E-state index contributed by atoms with van der Waals surface area (Å²) in [5, 5.41) is 12.4. The summed E-state index contributed by atoms with van der Waals surface area (Å²) in [5.74, 6) is -1.04. The van der Waals surface area contributed by atoms with Gasteiger partial charge in [0.25, 0.3) is 5.56 Å². The number of nitrogens with one attached hydrogen (secondary N) is 1. The van der Waals surface area contributed by atoms with Gasteiger partial charge in [-0.1, -0.05) is 23.2 Å². The molecule has 0 bridgehead atoms. The Morgan fingerprint density at radius 1 is 1.17 bits per heavy atom. The first kappa shape index (κ1) is 22.0. The maximum Gasteiger partial charge on any atom is 0.257 e. The third-order valence-corrected chi connectivity index (χ3v) is 4.93. The van der Waals surface area contributed by atoms with E-state index in [9.17, 15) is 19.1 Å². The zero-order chi connectivity index (χ0) is 21.8. The van der Waals surface area contributed by atoms with Gasteiger partial charge in [-0.15, -0.1) is 0 Å². The zero-order valence-electron chi connectivity index (χ0n) is 16.0. The first-order chi connectivity index (χ1) is 14.3. The molecular formula is C21H18Cl2FN3O3. The number of aryl methyl sites for hydroxylation is 1. The van der Waals surface area contributed by atoms with Gasteiger partial charge in [-0.3, -0.25) is 14.2 Å². The number of anilines is 1. The highest BCUT2D eigenvalue weighted by Gasteiger charge is 2.18. The summed E-state index contributed by atoms with van der Waals surface area (Å²) >= 11 is 11.7. The molecule has 9 heteroatoms. The molecule has 0 fully saturated rings. The van der Waals surface area contributed by atoms with Crippen molar-refractivity contribution < 1.29 is 14.3 Å². The van der Waals surface area contributed by atoms with Gasteiger partial charge < -0.3 is 10.4 Å². The second-order valence-corrected chi connectivity index (χ2v) is 7.42. The van der Waals surface area contributed by atoms with Gasteiger partial charge >= 0.3 is 0 Å². The molecule has 0 saturated carbocycles. The number of nitrogens with zero attached hydrogens (tertiary/aromatic N) is 2. The van der Waals surface area contributed by atoms with Crippen LogP contribution in [-0.4, -0.2) is 27.2 Å². The largest absolute Gasteiger partial charge is 0.396 e. The van der Waals surface area contributed by atoms with Crippen LogP contribution in [-0.2, 0) is 17.8 Å². The predicted octanol–water partition coefficient (Wildman–Crippen LogP) is 3.84. The molecule has 156 valence electrons. The third kappa shape index (κ3) is 4.87. The molecule has 1 aromatic heterocycles. The lowest BCUT2D eigenvalue weighted by Crippen LogP contribution is -2.33. The van der Waals surface area contributed by atoms with E-state index < -0.39 is 23.8 Å². The standard InChI is InChI=1S/C21H18Cl2FN3O3/c1-12-16(8-9-28)21(30)27(20(25-12)13-2-4-14(22)5-3-13)11-19(29)26-18-7-6-15(23)10-17(18)24/h2-7,10,28H,8-9,11H2,1H3,(H,26,29). The molecule has 3 aromatic rings. The lowest BCUT2D eigenvalue weighted by molar-refractivity contribution is -0.116. The Bertz CT molecular complexity index is 1150. The van der Waals surface area contributed by atoms with E-state index in [4.69, 9.17) is 23.2 Å². The van der Waals surface area contributed by atoms with Crippen LogP contribution in [0.1, 0.15) is 11.3 Å². The Balaban J connectivity index is 2.02. The SMILES string of the molecule is Cc1nc(-c2ccc(Cl)cc2)n(CC(=O)Nc2ccc(Cl)cc2F)c(=O)c1CCO. The van der Waals surface area contributed by atoms with E-state index in [0.717, 1.165) is 6.07 Å². The molecule has 1 heterocycles. The third-order valence-electron chi connectivity index (χ3n) is 4.44. The Kier molecular flexibility index (Phi) is 6.87. The molecule has 3 rings (SSSR count). The van der Waals surface area contributed by atoms with Gasteiger partial charge in [0.2, 0.25) is 5.91 Å². The van der Waals surface area contributed by atoms with Gasteiger partial charge in [0.15, 0.2) is 0 Å². The molecule has 0 spiro atoms. The van der Waals surface area contributed by atoms with E-state index in [0.29, 0.717) is 21.8 Å². The molecule has 0 radical (unpaired) electrons. The first-order valence-corrected chi connectivity index (χ1v) is 9.77. The number of hydrogen-bond donors (Lipinski definition) is 2. The van der Waals surface area contributed by atoms with Gasteiger partial charge in [0, 0.05) is 39.9 Å². The summed E-state index contributed by atoms with van der Waals surface area (Å²) in [6, 6.07) is 10.5. The van der Waals surface area contributed by atoms with E-state index in [-0.39, 0.29) is 29.6 Å². The number of aliphatic hydroxyl groups excluding tert-OH is 1. The fourth-order valence-corrected chi connectivity index (χ4v) is 3.28. The lowest BCUT2D eigenvalue weighted by Gasteiger charge is -2.16. The number of amides is 1. The lowest BCUT2D eigenvalue weighted by atomic mass is 10.1. The molecule has 0 aliphatic heterocycles. The zero-order valence-corrected chi connectivity index (χ0v) is 17.5. The van der Waals surface area contributed by atoms with Crippen LogP contribution in [0.15, 0.2) is 47.3 Å². The highest BCUT2D eigenvalue weighted by Crippen LogP contribution is 2.21. The molecular weight excluding hydrogens is 432 g/mol. The van der Waals surface area contributed by atoms with Crippen molar-refractivity contribution in [3.05, 3.63) is 79.9 Å². The summed E-state index contributed by atoms with van der Waals surface area (Å²) in [5.41, 5.74) is 0.843. The van der Waals surface area contributed by atoms with Crippen molar-refractivity contribution in [3.63, 3.8) is 0 Å². The van der Waals surface area contributed by atoms with Crippen molar-refractivity contribution in [2.45, 2.75) is 19.9 Å². The van der Waals surface area contributed by atoms with Gasteiger partial charge in [-0.25, -0.2) is 9.37 Å². The summed E-state index contributed by atoms with van der Waals surface area (Å²) < 4.78 is 15.2. The van der Waals surface area contributed by atoms with Crippen LogP contribution in [0.3, 0.4) is 0 Å². The van der Waals surface area contributed by atoms with Crippen LogP contribution in [0, 0.1) is 12.7 Å². The molecule has 6 nitrogen and oxygen atoms in total. The molecule has 0 unspecified atom stereocenters. The molecule has 0 aliphatic carbocycles. The Morgan fingerprint density at radius 2 is 1.83 bits per heavy atom. The number of rotatable bonds is 6. The van der Waals surface area contributed by atoms with Crippen molar-refractivity contribution in [2.24, 2.45) is 0 Å². The number of carbonyl (C=O) groups is 1. The first-order valence-electron chi connectivity index (χ1n) is 9.02. The summed E-state index contributed by atoms with van der Waals surface area (Å²) in [7, 11) is 0. The number of aliphatic hydroxyl groups is 1. The van der Waals surface area contributed by atoms with Crippen LogP contribution in [0.5, 0.6) is 0 Å². The fourth-order valence-electron chi connectivity index (χ4n) is 2.99. The van der Waals surface area contributed by atoms with Crippen LogP contribution < -0.4 is 10.9 Å². The minimum Gasteiger partial charge on any atom is -0.396 e. The van der Waals surface area contributed by atoms with Crippen molar-refractivity contribution in [1.82, 2.24) is 9.55 Å². The molecule has 2 aromatic carbocycles. The monoisotopic (exact) mass is 449 g/mol. The smallest absolute Gasteiger partial charge is 0.257 e. The highest BCUT2D eigenvalue weighted by atomic mass is 35.5. The summed E-state index contributed by atoms with van der Waals surface area (Å²) in [6.45, 7) is 1.03. The molecule has 2 N–H and O–H groups in total. The molecule has 0 atom stereocenters. The van der Waals surface area contributed by atoms with Crippen molar-refractivity contribution in [2.75, 3.05) is 11.9 Å². The Labute approximate surface area is 181 Å². The van der Waals surface area contributed by atoms with Crippen LogP contribution in [0.2, 0.25) is 10.0 Å². The minimum atomic E-state index is -0.691. The van der Waals surface area contributed by atoms with Crippen LogP contribution in [0.25, 0.3) is 11.4 Å². The van der Waals surface area contributed by atoms with Gasteiger partial charge in [-0.05, 0) is 49.4 Å². The van der Waals surface area contributed by atoms with E-state index in [1.165, 1.54) is 16.7 Å². The summed E-state index contributed by atoms with van der Waals surface area (Å²) in [6.07, 6.45) is 0.103.